The van der Waals surface area contributed by atoms with Crippen LogP contribution >= 0.6 is 0 Å². The fraction of sp³-hybridized carbons (Fsp3) is 0.917. The number of carboxylic acid groups (broad SMARTS) is 1. The summed E-state index contributed by atoms with van der Waals surface area (Å²) < 4.78 is 26.0. The molecule has 1 N–H and O–H groups in total. The fourth-order valence-electron chi connectivity index (χ4n) is 3.45. The molecular weight excluding hydrogens is 214 g/mol. The van der Waals surface area contributed by atoms with Gasteiger partial charge < -0.3 is 5.11 Å². The van der Waals surface area contributed by atoms with Crippen LogP contribution in [0.2, 0.25) is 0 Å². The Labute approximate surface area is 94.0 Å². The molecule has 2 aliphatic carbocycles. The topological polar surface area (TPSA) is 37.3 Å². The van der Waals surface area contributed by atoms with Gasteiger partial charge >= 0.3 is 5.97 Å². The van der Waals surface area contributed by atoms with E-state index in [-0.39, 0.29) is 36.0 Å². The number of carbonyl (C=O) groups is 1. The minimum atomic E-state index is -2.52. The van der Waals surface area contributed by atoms with Crippen LogP contribution in [0.1, 0.15) is 39.5 Å². The van der Waals surface area contributed by atoms with Gasteiger partial charge in [0.15, 0.2) is 0 Å². The molecule has 2 saturated carbocycles. The first-order valence-electron chi connectivity index (χ1n) is 5.86. The van der Waals surface area contributed by atoms with Crippen molar-refractivity contribution in [2.75, 3.05) is 0 Å². The summed E-state index contributed by atoms with van der Waals surface area (Å²) in [5.74, 6) is -3.35. The Morgan fingerprint density at radius 1 is 1.25 bits per heavy atom. The first-order chi connectivity index (χ1) is 7.26. The third kappa shape index (κ3) is 1.82. The van der Waals surface area contributed by atoms with E-state index in [1.807, 2.05) is 13.8 Å². The molecule has 0 bridgehead atoms. The Hall–Kier alpha value is -0.670. The van der Waals surface area contributed by atoms with Crippen molar-refractivity contribution in [3.8, 4) is 0 Å². The average Bonchev–Trinajstić information content (AvgIpc) is 2.69. The largest absolute Gasteiger partial charge is 0.481 e. The fourth-order valence-corrected chi connectivity index (χ4v) is 3.45. The molecule has 0 amide bonds. The van der Waals surface area contributed by atoms with Gasteiger partial charge in [0.2, 0.25) is 5.92 Å². The monoisotopic (exact) mass is 232 g/mol. The van der Waals surface area contributed by atoms with Crippen LogP contribution in [0.25, 0.3) is 0 Å². The van der Waals surface area contributed by atoms with E-state index >= 15 is 0 Å². The van der Waals surface area contributed by atoms with Gasteiger partial charge in [0.1, 0.15) is 0 Å². The Bertz CT molecular complexity index is 302. The summed E-state index contributed by atoms with van der Waals surface area (Å²) in [6.45, 7) is 3.87. The highest BCUT2D eigenvalue weighted by Crippen LogP contribution is 2.64. The molecule has 0 spiro atoms. The van der Waals surface area contributed by atoms with Gasteiger partial charge in [-0.15, -0.1) is 0 Å². The second-order valence-corrected chi connectivity index (χ2v) is 5.86. The highest BCUT2D eigenvalue weighted by molar-refractivity contribution is 5.75. The van der Waals surface area contributed by atoms with Crippen molar-refractivity contribution in [2.45, 2.75) is 45.5 Å². The summed E-state index contributed by atoms with van der Waals surface area (Å²) in [4.78, 5) is 11.0. The Kier molecular flexibility index (Phi) is 2.52. The van der Waals surface area contributed by atoms with Crippen LogP contribution in [-0.2, 0) is 4.79 Å². The molecule has 4 heteroatoms. The quantitative estimate of drug-likeness (QED) is 0.794. The zero-order valence-electron chi connectivity index (χ0n) is 9.67. The molecule has 92 valence electrons. The number of halogens is 2. The first-order valence-corrected chi connectivity index (χ1v) is 5.86. The lowest BCUT2D eigenvalue weighted by Gasteiger charge is -2.29. The van der Waals surface area contributed by atoms with Crippen LogP contribution in [0.4, 0.5) is 8.78 Å². The van der Waals surface area contributed by atoms with Crippen LogP contribution in [0, 0.1) is 23.2 Å². The van der Waals surface area contributed by atoms with Crippen molar-refractivity contribution in [3.05, 3.63) is 0 Å². The number of alkyl halides is 2. The van der Waals surface area contributed by atoms with Gasteiger partial charge in [-0.05, 0) is 30.1 Å². The molecule has 16 heavy (non-hydrogen) atoms. The van der Waals surface area contributed by atoms with E-state index in [0.29, 0.717) is 12.8 Å². The van der Waals surface area contributed by atoms with Crippen LogP contribution in [-0.4, -0.2) is 17.0 Å². The molecule has 0 unspecified atom stereocenters. The zero-order chi connectivity index (χ0) is 12.1. The van der Waals surface area contributed by atoms with E-state index in [9.17, 15) is 13.6 Å². The number of carboxylic acids is 1. The lowest BCUT2D eigenvalue weighted by atomic mass is 9.81. The highest BCUT2D eigenvalue weighted by Gasteiger charge is 2.65. The lowest BCUT2D eigenvalue weighted by molar-refractivity contribution is -0.139. The normalized spacial score (nSPS) is 37.0. The second-order valence-electron chi connectivity index (χ2n) is 5.86. The smallest absolute Gasteiger partial charge is 0.307 e. The van der Waals surface area contributed by atoms with Crippen LogP contribution in [0.15, 0.2) is 0 Å². The molecule has 2 nitrogen and oxygen atoms in total. The standard InChI is InChI=1S/C12H18F2O2/c1-11(2)8(9(11)10(15)16)7-3-5-12(13,14)6-4-7/h7-9H,3-6H2,1-2H3,(H,15,16)/t8-,9+/m1/s1. The number of rotatable bonds is 2. The van der Waals surface area contributed by atoms with Gasteiger partial charge in [-0.3, -0.25) is 4.79 Å². The number of hydrogen-bond acceptors (Lipinski definition) is 1. The maximum absolute atomic E-state index is 13.0. The summed E-state index contributed by atoms with van der Waals surface area (Å²) >= 11 is 0. The van der Waals surface area contributed by atoms with Crippen molar-refractivity contribution in [1.82, 2.24) is 0 Å². The average molecular weight is 232 g/mol. The van der Waals surface area contributed by atoms with E-state index < -0.39 is 11.9 Å². The maximum Gasteiger partial charge on any atom is 0.307 e. The Morgan fingerprint density at radius 3 is 2.12 bits per heavy atom. The van der Waals surface area contributed by atoms with Crippen LogP contribution in [0.3, 0.4) is 0 Å². The minimum Gasteiger partial charge on any atom is -0.481 e. The van der Waals surface area contributed by atoms with E-state index in [2.05, 4.69) is 0 Å². The molecule has 0 aromatic rings. The summed E-state index contributed by atoms with van der Waals surface area (Å²) in [6, 6.07) is 0. The van der Waals surface area contributed by atoms with Gasteiger partial charge in [-0.1, -0.05) is 13.8 Å². The predicted molar refractivity (Wildman–Crippen MR) is 55.3 cm³/mol. The third-order valence-electron chi connectivity index (χ3n) is 4.45. The van der Waals surface area contributed by atoms with E-state index in [0.717, 1.165) is 0 Å². The van der Waals surface area contributed by atoms with Gasteiger partial charge in [0, 0.05) is 12.8 Å². The van der Waals surface area contributed by atoms with Crippen molar-refractivity contribution in [3.63, 3.8) is 0 Å². The first kappa shape index (κ1) is 11.8. The SMILES string of the molecule is CC1(C)[C@H](C(=O)O)[C@H]1C1CCC(F)(F)CC1. The Balaban J connectivity index is 1.99. The van der Waals surface area contributed by atoms with Gasteiger partial charge in [0.25, 0.3) is 0 Å². The molecule has 0 saturated heterocycles. The molecule has 2 aliphatic rings. The molecule has 0 aromatic carbocycles. The van der Waals surface area contributed by atoms with Gasteiger partial charge in [-0.25, -0.2) is 8.78 Å². The maximum atomic E-state index is 13.0. The summed E-state index contributed by atoms with van der Waals surface area (Å²) in [6.07, 6.45) is 0.808. The van der Waals surface area contributed by atoms with Crippen molar-refractivity contribution in [1.29, 1.82) is 0 Å². The molecule has 2 atom stereocenters. The zero-order valence-corrected chi connectivity index (χ0v) is 9.67. The molecule has 0 aliphatic heterocycles. The third-order valence-corrected chi connectivity index (χ3v) is 4.45. The molecule has 0 radical (unpaired) electrons. The van der Waals surface area contributed by atoms with Gasteiger partial charge in [-0.2, -0.15) is 0 Å². The highest BCUT2D eigenvalue weighted by atomic mass is 19.3. The molecule has 0 heterocycles. The summed E-state index contributed by atoms with van der Waals surface area (Å²) in [7, 11) is 0. The molecule has 2 fully saturated rings. The van der Waals surface area contributed by atoms with E-state index in [1.165, 1.54) is 0 Å². The summed E-state index contributed by atoms with van der Waals surface area (Å²) in [5.41, 5.74) is -0.205. The van der Waals surface area contributed by atoms with Crippen molar-refractivity contribution >= 4 is 5.97 Å². The summed E-state index contributed by atoms with van der Waals surface area (Å²) in [5, 5.41) is 9.04. The number of aliphatic carboxylic acids is 1. The Morgan fingerprint density at radius 2 is 1.75 bits per heavy atom. The second kappa shape index (κ2) is 3.41. The molecular formula is C12H18F2O2. The minimum absolute atomic E-state index is 0.0728. The van der Waals surface area contributed by atoms with Crippen LogP contribution < -0.4 is 0 Å². The predicted octanol–water partition coefficient (Wildman–Crippen LogP) is 3.17. The van der Waals surface area contributed by atoms with E-state index in [4.69, 9.17) is 5.11 Å². The lowest BCUT2D eigenvalue weighted by Crippen LogP contribution is -2.26. The number of hydrogen-bond donors (Lipinski definition) is 1. The van der Waals surface area contributed by atoms with E-state index in [1.54, 1.807) is 0 Å². The van der Waals surface area contributed by atoms with Crippen molar-refractivity contribution < 1.29 is 18.7 Å². The van der Waals surface area contributed by atoms with Crippen molar-refractivity contribution in [2.24, 2.45) is 23.2 Å². The molecule has 0 aromatic heterocycles. The van der Waals surface area contributed by atoms with Crippen LogP contribution in [0.5, 0.6) is 0 Å². The van der Waals surface area contributed by atoms with Gasteiger partial charge in [0.05, 0.1) is 5.92 Å². The molecule has 2 rings (SSSR count).